The highest BCUT2D eigenvalue weighted by Gasteiger charge is 2.15. The Bertz CT molecular complexity index is 351. The predicted octanol–water partition coefficient (Wildman–Crippen LogP) is 1.34. The Morgan fingerprint density at radius 3 is 2.35 bits per heavy atom. The van der Waals surface area contributed by atoms with Crippen molar-refractivity contribution in [3.63, 3.8) is 0 Å². The maximum Gasteiger partial charge on any atom is 0.194 e. The minimum absolute atomic E-state index is 0.147. The quantitative estimate of drug-likeness (QED) is 0.590. The van der Waals surface area contributed by atoms with Gasteiger partial charge in [0.1, 0.15) is 0 Å². The molecule has 1 aromatic carbocycles. The Hall–Kier alpha value is -1.11. The zero-order valence-corrected chi connectivity index (χ0v) is 9.47. The lowest BCUT2D eigenvalue weighted by atomic mass is 10.1. The number of nitrogens with one attached hydrogen (secondary N) is 1. The highest BCUT2D eigenvalue weighted by molar-refractivity contribution is 5.23. The van der Waals surface area contributed by atoms with Crippen LogP contribution in [0.25, 0.3) is 0 Å². The molecule has 17 heavy (non-hydrogen) atoms. The fourth-order valence-electron chi connectivity index (χ4n) is 1.45. The maximum absolute atomic E-state index is 13.0. The van der Waals surface area contributed by atoms with Crippen LogP contribution in [0.4, 0.5) is 13.2 Å². The lowest BCUT2D eigenvalue weighted by Gasteiger charge is -2.17. The van der Waals surface area contributed by atoms with Crippen LogP contribution in [0.3, 0.4) is 0 Å². The van der Waals surface area contributed by atoms with Gasteiger partial charge in [-0.2, -0.15) is 0 Å². The lowest BCUT2D eigenvalue weighted by Crippen LogP contribution is -2.31. The fourth-order valence-corrected chi connectivity index (χ4v) is 1.45. The van der Waals surface area contributed by atoms with Crippen molar-refractivity contribution >= 4 is 0 Å². The monoisotopic (exact) mass is 248 g/mol. The number of hydrogen-bond donors (Lipinski definition) is 2. The van der Waals surface area contributed by atoms with Gasteiger partial charge in [0.2, 0.25) is 0 Å². The first-order valence-corrected chi connectivity index (χ1v) is 5.17. The van der Waals surface area contributed by atoms with Crippen LogP contribution < -0.4 is 11.1 Å². The Balaban J connectivity index is 2.81. The maximum atomic E-state index is 13.0. The van der Waals surface area contributed by atoms with Crippen molar-refractivity contribution in [3.05, 3.63) is 35.1 Å². The molecule has 0 spiro atoms. The molecule has 1 unspecified atom stereocenters. The Labute approximate surface area is 97.8 Å². The molecule has 96 valence electrons. The van der Waals surface area contributed by atoms with Gasteiger partial charge in [-0.3, -0.25) is 0 Å². The Morgan fingerprint density at radius 1 is 1.29 bits per heavy atom. The van der Waals surface area contributed by atoms with Gasteiger partial charge < -0.3 is 15.8 Å². The first-order valence-electron chi connectivity index (χ1n) is 5.17. The van der Waals surface area contributed by atoms with Crippen LogP contribution in [0.15, 0.2) is 12.1 Å². The van der Waals surface area contributed by atoms with E-state index in [0.29, 0.717) is 13.2 Å². The molecule has 0 aliphatic carbocycles. The van der Waals surface area contributed by atoms with Crippen molar-refractivity contribution in [1.82, 2.24) is 5.32 Å². The molecule has 0 aliphatic rings. The molecular weight excluding hydrogens is 233 g/mol. The summed E-state index contributed by atoms with van der Waals surface area (Å²) in [7, 11) is 1.54. The molecule has 0 aromatic heterocycles. The van der Waals surface area contributed by atoms with Crippen LogP contribution in [0.2, 0.25) is 0 Å². The Kier molecular flexibility index (Phi) is 5.40. The second-order valence-corrected chi connectivity index (χ2v) is 3.53. The fraction of sp³-hybridized carbons (Fsp3) is 0.455. The number of ether oxygens (including phenoxy) is 1. The van der Waals surface area contributed by atoms with E-state index in [2.05, 4.69) is 5.32 Å². The third kappa shape index (κ3) is 3.69. The summed E-state index contributed by atoms with van der Waals surface area (Å²) >= 11 is 0. The minimum atomic E-state index is -1.47. The molecule has 0 amide bonds. The van der Waals surface area contributed by atoms with Crippen molar-refractivity contribution in [2.75, 3.05) is 26.8 Å². The van der Waals surface area contributed by atoms with Gasteiger partial charge in [-0.25, -0.2) is 13.2 Å². The summed E-state index contributed by atoms with van der Waals surface area (Å²) in [6, 6.07) is 1.45. The molecule has 0 radical (unpaired) electrons. The zero-order valence-electron chi connectivity index (χ0n) is 9.47. The predicted molar refractivity (Wildman–Crippen MR) is 58.0 cm³/mol. The largest absolute Gasteiger partial charge is 0.383 e. The summed E-state index contributed by atoms with van der Waals surface area (Å²) < 4.78 is 43.6. The van der Waals surface area contributed by atoms with Crippen molar-refractivity contribution in [2.45, 2.75) is 6.04 Å². The highest BCUT2D eigenvalue weighted by atomic mass is 19.2. The lowest BCUT2D eigenvalue weighted by molar-refractivity contribution is 0.196. The van der Waals surface area contributed by atoms with E-state index in [9.17, 15) is 13.2 Å². The van der Waals surface area contributed by atoms with Crippen molar-refractivity contribution < 1.29 is 17.9 Å². The third-order valence-corrected chi connectivity index (χ3v) is 2.34. The van der Waals surface area contributed by atoms with Crippen LogP contribution in [0.5, 0.6) is 0 Å². The molecule has 1 rings (SSSR count). The minimum Gasteiger partial charge on any atom is -0.383 e. The molecule has 0 bridgehead atoms. The number of halogens is 3. The molecule has 1 aromatic rings. The Morgan fingerprint density at radius 2 is 1.88 bits per heavy atom. The van der Waals surface area contributed by atoms with Crippen LogP contribution >= 0.6 is 0 Å². The van der Waals surface area contributed by atoms with E-state index in [1.807, 2.05) is 0 Å². The average Bonchev–Trinajstić information content (AvgIpc) is 2.31. The molecule has 0 fully saturated rings. The van der Waals surface area contributed by atoms with E-state index in [1.165, 1.54) is 7.11 Å². The number of rotatable bonds is 6. The van der Waals surface area contributed by atoms with Crippen LogP contribution in [0, 0.1) is 17.5 Å². The smallest absolute Gasteiger partial charge is 0.194 e. The first kappa shape index (κ1) is 14.0. The number of nitrogens with two attached hydrogens (primary N) is 1. The molecule has 1 atom stereocenters. The van der Waals surface area contributed by atoms with Gasteiger partial charge in [-0.05, 0) is 17.7 Å². The first-order chi connectivity index (χ1) is 8.10. The number of hydrogen-bond acceptors (Lipinski definition) is 3. The van der Waals surface area contributed by atoms with Gasteiger partial charge in [0.05, 0.1) is 6.61 Å². The van der Waals surface area contributed by atoms with Crippen LogP contribution in [0.1, 0.15) is 11.6 Å². The summed E-state index contributed by atoms with van der Waals surface area (Å²) in [5.41, 5.74) is 5.76. The zero-order chi connectivity index (χ0) is 12.8. The van der Waals surface area contributed by atoms with Gasteiger partial charge in [0.25, 0.3) is 0 Å². The van der Waals surface area contributed by atoms with Crippen LogP contribution in [-0.4, -0.2) is 26.8 Å². The van der Waals surface area contributed by atoms with E-state index in [1.54, 1.807) is 0 Å². The van der Waals surface area contributed by atoms with E-state index in [-0.39, 0.29) is 12.1 Å². The third-order valence-electron chi connectivity index (χ3n) is 2.34. The topological polar surface area (TPSA) is 47.3 Å². The van der Waals surface area contributed by atoms with E-state index >= 15 is 0 Å². The summed E-state index contributed by atoms with van der Waals surface area (Å²) in [5, 5.41) is 2.95. The van der Waals surface area contributed by atoms with Crippen molar-refractivity contribution in [1.29, 1.82) is 0 Å². The number of methoxy groups -OCH3 is 1. The second-order valence-electron chi connectivity index (χ2n) is 3.53. The van der Waals surface area contributed by atoms with Gasteiger partial charge in [0, 0.05) is 26.2 Å². The molecule has 3 N–H and O–H groups in total. The summed E-state index contributed by atoms with van der Waals surface area (Å²) in [6.45, 7) is 1.08. The van der Waals surface area contributed by atoms with Crippen LogP contribution in [-0.2, 0) is 4.74 Å². The van der Waals surface area contributed by atoms with E-state index < -0.39 is 23.5 Å². The van der Waals surface area contributed by atoms with Gasteiger partial charge in [-0.1, -0.05) is 0 Å². The van der Waals surface area contributed by atoms with E-state index in [4.69, 9.17) is 10.5 Å². The van der Waals surface area contributed by atoms with Gasteiger partial charge >= 0.3 is 0 Å². The number of benzene rings is 1. The molecule has 6 heteroatoms. The summed E-state index contributed by atoms with van der Waals surface area (Å²) in [4.78, 5) is 0. The standard InChI is InChI=1S/C11H15F3N2O/c1-17-3-2-16-10(6-15)7-4-8(12)11(14)9(13)5-7/h4-5,10,16H,2-3,6,15H2,1H3. The van der Waals surface area contributed by atoms with Gasteiger partial charge in [-0.15, -0.1) is 0 Å². The SMILES string of the molecule is COCCNC(CN)c1cc(F)c(F)c(F)c1. The summed E-state index contributed by atoms with van der Waals surface area (Å²) in [5.74, 6) is -3.90. The molecule has 0 aliphatic heterocycles. The summed E-state index contributed by atoms with van der Waals surface area (Å²) in [6.07, 6.45) is 0. The van der Waals surface area contributed by atoms with E-state index in [0.717, 1.165) is 12.1 Å². The van der Waals surface area contributed by atoms with Crippen molar-refractivity contribution in [2.24, 2.45) is 5.73 Å². The molecule has 0 saturated carbocycles. The molecular formula is C11H15F3N2O. The van der Waals surface area contributed by atoms with Gasteiger partial charge in [0.15, 0.2) is 17.5 Å². The molecule has 3 nitrogen and oxygen atoms in total. The molecule has 0 heterocycles. The average molecular weight is 248 g/mol. The normalized spacial score (nSPS) is 12.8. The second kappa shape index (κ2) is 6.58. The molecule has 0 saturated heterocycles. The van der Waals surface area contributed by atoms with Crippen molar-refractivity contribution in [3.8, 4) is 0 Å². The highest BCUT2D eigenvalue weighted by Crippen LogP contribution is 2.18.